The minimum absolute atomic E-state index is 0.0529. The molecule has 7 heteroatoms. The van der Waals surface area contributed by atoms with E-state index in [1.807, 2.05) is 49.7 Å². The van der Waals surface area contributed by atoms with Gasteiger partial charge in [-0.2, -0.15) is 0 Å². The number of nitrogens with one attached hydrogen (secondary N) is 1. The number of carbonyl (C=O) groups excluding carboxylic acids is 2. The fourth-order valence-corrected chi connectivity index (χ4v) is 3.42. The number of amides is 2. The SMILES string of the molecule is Cc1cc(Br)ccc1N1C(=O)/C(=C/c2ccc(C)n2C)C(=O)NC1=S. The summed E-state index contributed by atoms with van der Waals surface area (Å²) in [6, 6.07) is 9.32. The molecule has 1 N–H and O–H groups in total. The molecule has 0 aliphatic carbocycles. The van der Waals surface area contributed by atoms with E-state index < -0.39 is 11.8 Å². The van der Waals surface area contributed by atoms with Crippen molar-refractivity contribution in [2.24, 2.45) is 7.05 Å². The van der Waals surface area contributed by atoms with E-state index in [9.17, 15) is 9.59 Å². The Bertz CT molecular complexity index is 946. The van der Waals surface area contributed by atoms with Gasteiger partial charge in [0.15, 0.2) is 5.11 Å². The molecule has 2 aromatic rings. The van der Waals surface area contributed by atoms with E-state index in [0.29, 0.717) is 5.69 Å². The first-order valence-electron chi connectivity index (χ1n) is 7.59. The van der Waals surface area contributed by atoms with Crippen LogP contribution in [0.1, 0.15) is 17.0 Å². The highest BCUT2D eigenvalue weighted by Crippen LogP contribution is 2.27. The van der Waals surface area contributed by atoms with Crippen molar-refractivity contribution in [1.29, 1.82) is 0 Å². The minimum Gasteiger partial charge on any atom is -0.348 e. The lowest BCUT2D eigenvalue weighted by Gasteiger charge is -2.30. The van der Waals surface area contributed by atoms with Crippen LogP contribution in [0, 0.1) is 13.8 Å². The van der Waals surface area contributed by atoms with E-state index in [0.717, 1.165) is 21.4 Å². The molecular formula is C18H16BrN3O2S. The van der Waals surface area contributed by atoms with Crippen LogP contribution in [0.4, 0.5) is 5.69 Å². The Kier molecular flexibility index (Phi) is 4.62. The van der Waals surface area contributed by atoms with E-state index in [4.69, 9.17) is 12.2 Å². The highest BCUT2D eigenvalue weighted by atomic mass is 79.9. The molecule has 1 aliphatic rings. The van der Waals surface area contributed by atoms with Crippen molar-refractivity contribution in [3.8, 4) is 0 Å². The summed E-state index contributed by atoms with van der Waals surface area (Å²) < 4.78 is 2.82. The number of carbonyl (C=O) groups is 2. The molecule has 128 valence electrons. The highest BCUT2D eigenvalue weighted by Gasteiger charge is 2.35. The van der Waals surface area contributed by atoms with Gasteiger partial charge in [-0.05, 0) is 68.0 Å². The molecule has 1 aromatic carbocycles. The summed E-state index contributed by atoms with van der Waals surface area (Å²) in [5, 5.41) is 2.69. The molecule has 0 atom stereocenters. The molecule has 2 amide bonds. The van der Waals surface area contributed by atoms with Gasteiger partial charge in [0.05, 0.1) is 5.69 Å². The number of nitrogens with zero attached hydrogens (tertiary/aromatic N) is 2. The van der Waals surface area contributed by atoms with Crippen LogP contribution in [0.3, 0.4) is 0 Å². The maximum absolute atomic E-state index is 13.0. The van der Waals surface area contributed by atoms with Crippen LogP contribution < -0.4 is 10.2 Å². The number of aryl methyl sites for hydroxylation is 2. The van der Waals surface area contributed by atoms with E-state index in [2.05, 4.69) is 21.2 Å². The van der Waals surface area contributed by atoms with E-state index >= 15 is 0 Å². The van der Waals surface area contributed by atoms with Gasteiger partial charge in [-0.3, -0.25) is 19.8 Å². The molecule has 2 heterocycles. The van der Waals surface area contributed by atoms with Crippen LogP contribution in [-0.2, 0) is 16.6 Å². The first-order chi connectivity index (χ1) is 11.8. The topological polar surface area (TPSA) is 54.3 Å². The molecule has 1 aromatic heterocycles. The lowest BCUT2D eigenvalue weighted by Crippen LogP contribution is -2.54. The Hall–Kier alpha value is -2.25. The van der Waals surface area contributed by atoms with Crippen LogP contribution in [0.2, 0.25) is 0 Å². The van der Waals surface area contributed by atoms with E-state index in [1.54, 1.807) is 12.1 Å². The van der Waals surface area contributed by atoms with Gasteiger partial charge in [-0.25, -0.2) is 0 Å². The zero-order chi connectivity index (χ0) is 18.3. The fraction of sp³-hybridized carbons (Fsp3) is 0.167. The molecule has 0 spiro atoms. The summed E-state index contributed by atoms with van der Waals surface area (Å²) in [6.07, 6.45) is 1.59. The molecule has 0 bridgehead atoms. The number of thiocarbonyl (C=S) groups is 1. The maximum atomic E-state index is 13.0. The van der Waals surface area contributed by atoms with Crippen molar-refractivity contribution < 1.29 is 9.59 Å². The maximum Gasteiger partial charge on any atom is 0.270 e. The van der Waals surface area contributed by atoms with Gasteiger partial charge in [0.2, 0.25) is 0 Å². The summed E-state index contributed by atoms with van der Waals surface area (Å²) in [6.45, 7) is 3.84. The first-order valence-corrected chi connectivity index (χ1v) is 8.79. The summed E-state index contributed by atoms with van der Waals surface area (Å²) in [7, 11) is 1.88. The van der Waals surface area contributed by atoms with Gasteiger partial charge in [0, 0.05) is 22.9 Å². The average Bonchev–Trinajstić information content (AvgIpc) is 2.85. The van der Waals surface area contributed by atoms with Crippen molar-refractivity contribution in [3.63, 3.8) is 0 Å². The second-order valence-electron chi connectivity index (χ2n) is 5.85. The summed E-state index contributed by atoms with van der Waals surface area (Å²) in [5.41, 5.74) is 3.38. The van der Waals surface area contributed by atoms with Crippen LogP contribution in [0.25, 0.3) is 6.08 Å². The molecule has 0 radical (unpaired) electrons. The number of aromatic nitrogens is 1. The standard InChI is InChI=1S/C18H16BrN3O2S/c1-10-8-12(19)5-7-15(10)22-17(24)14(16(23)20-18(22)25)9-13-6-4-11(2)21(13)3/h4-9H,1-3H3,(H,20,23,25)/b14-9+. The Morgan fingerprint density at radius 1 is 1.16 bits per heavy atom. The van der Waals surface area contributed by atoms with Crippen LogP contribution in [0.5, 0.6) is 0 Å². The Labute approximate surface area is 159 Å². The van der Waals surface area contributed by atoms with Gasteiger partial charge in [-0.1, -0.05) is 15.9 Å². The lowest BCUT2D eigenvalue weighted by atomic mass is 10.1. The smallest absolute Gasteiger partial charge is 0.270 e. The zero-order valence-electron chi connectivity index (χ0n) is 14.0. The Morgan fingerprint density at radius 2 is 1.88 bits per heavy atom. The second-order valence-corrected chi connectivity index (χ2v) is 7.15. The third-order valence-electron chi connectivity index (χ3n) is 4.21. The molecule has 0 unspecified atom stereocenters. The normalized spacial score (nSPS) is 16.6. The predicted molar refractivity (Wildman–Crippen MR) is 105 cm³/mol. The van der Waals surface area contributed by atoms with Crippen molar-refractivity contribution in [2.45, 2.75) is 13.8 Å². The molecule has 1 fully saturated rings. The van der Waals surface area contributed by atoms with Crippen molar-refractivity contribution in [3.05, 3.63) is 57.3 Å². The van der Waals surface area contributed by atoms with Gasteiger partial charge in [0.1, 0.15) is 5.57 Å². The fourth-order valence-electron chi connectivity index (χ4n) is 2.67. The van der Waals surface area contributed by atoms with Crippen LogP contribution in [0.15, 0.2) is 40.4 Å². The molecule has 1 aliphatic heterocycles. The number of rotatable bonds is 2. The third kappa shape index (κ3) is 3.17. The van der Waals surface area contributed by atoms with E-state index in [1.165, 1.54) is 4.90 Å². The molecule has 0 saturated carbocycles. The number of anilines is 1. The van der Waals surface area contributed by atoms with Gasteiger partial charge in [-0.15, -0.1) is 0 Å². The van der Waals surface area contributed by atoms with Gasteiger partial charge >= 0.3 is 0 Å². The Balaban J connectivity index is 2.07. The molecule has 25 heavy (non-hydrogen) atoms. The van der Waals surface area contributed by atoms with Crippen molar-refractivity contribution in [1.82, 2.24) is 9.88 Å². The second kappa shape index (κ2) is 6.57. The predicted octanol–water partition coefficient (Wildman–Crippen LogP) is 3.24. The largest absolute Gasteiger partial charge is 0.348 e. The van der Waals surface area contributed by atoms with Crippen LogP contribution >= 0.6 is 28.1 Å². The number of hydrogen-bond donors (Lipinski definition) is 1. The molecule has 1 saturated heterocycles. The highest BCUT2D eigenvalue weighted by molar-refractivity contribution is 9.10. The number of hydrogen-bond acceptors (Lipinski definition) is 3. The average molecular weight is 418 g/mol. The number of halogens is 1. The summed E-state index contributed by atoms with van der Waals surface area (Å²) >= 11 is 8.64. The Morgan fingerprint density at radius 3 is 2.48 bits per heavy atom. The molecule has 5 nitrogen and oxygen atoms in total. The number of benzene rings is 1. The quantitative estimate of drug-likeness (QED) is 0.463. The molecular weight excluding hydrogens is 402 g/mol. The summed E-state index contributed by atoms with van der Waals surface area (Å²) in [4.78, 5) is 26.7. The van der Waals surface area contributed by atoms with Crippen molar-refractivity contribution >= 4 is 56.8 Å². The van der Waals surface area contributed by atoms with E-state index in [-0.39, 0.29) is 10.7 Å². The van der Waals surface area contributed by atoms with Gasteiger partial charge < -0.3 is 4.57 Å². The lowest BCUT2D eigenvalue weighted by molar-refractivity contribution is -0.122. The van der Waals surface area contributed by atoms with Crippen molar-refractivity contribution in [2.75, 3.05) is 4.90 Å². The zero-order valence-corrected chi connectivity index (χ0v) is 16.4. The third-order valence-corrected chi connectivity index (χ3v) is 4.98. The summed E-state index contributed by atoms with van der Waals surface area (Å²) in [5.74, 6) is -0.919. The first kappa shape index (κ1) is 17.6. The van der Waals surface area contributed by atoms with Gasteiger partial charge in [0.25, 0.3) is 11.8 Å². The monoisotopic (exact) mass is 417 g/mol. The van der Waals surface area contributed by atoms with Crippen LogP contribution in [-0.4, -0.2) is 21.5 Å². The minimum atomic E-state index is -0.486. The molecule has 3 rings (SSSR count).